The van der Waals surface area contributed by atoms with E-state index in [2.05, 4.69) is 4.74 Å². The Morgan fingerprint density at radius 1 is 0.654 bits per heavy atom. The molecule has 0 bridgehead atoms. The summed E-state index contributed by atoms with van der Waals surface area (Å²) in [6.07, 6.45) is -7.66. The van der Waals surface area contributed by atoms with Crippen LogP contribution < -0.4 is 0 Å². The van der Waals surface area contributed by atoms with Gasteiger partial charge in [-0.15, -0.1) is 0 Å². The standard InChI is InChI=1S/C15H20O11/c1-6(16)22-10-11(23-7(2)17)13(24-8(3)18)15(25-9(4)19)26-12(10)14(20)21-5/h10-13,15H,1-5H3/t10-,11-,12?,13?,15-/m1/s1. The van der Waals surface area contributed by atoms with Crippen LogP contribution in [-0.2, 0) is 52.4 Å². The summed E-state index contributed by atoms with van der Waals surface area (Å²) in [7, 11) is 1.05. The van der Waals surface area contributed by atoms with Gasteiger partial charge in [0.1, 0.15) is 0 Å². The van der Waals surface area contributed by atoms with Crippen LogP contribution in [0.15, 0.2) is 0 Å². The molecule has 0 N–H and O–H groups in total. The molecule has 0 aromatic rings. The third-order valence-corrected chi connectivity index (χ3v) is 3.12. The summed E-state index contributed by atoms with van der Waals surface area (Å²) < 4.78 is 30.0. The van der Waals surface area contributed by atoms with Crippen LogP contribution in [0.3, 0.4) is 0 Å². The summed E-state index contributed by atoms with van der Waals surface area (Å²) in [5.74, 6) is -4.25. The molecule has 0 aliphatic carbocycles. The molecule has 11 heteroatoms. The summed E-state index contributed by atoms with van der Waals surface area (Å²) in [6, 6.07) is 0. The second-order valence-electron chi connectivity index (χ2n) is 5.28. The van der Waals surface area contributed by atoms with Crippen molar-refractivity contribution in [2.24, 2.45) is 0 Å². The van der Waals surface area contributed by atoms with Crippen molar-refractivity contribution in [1.82, 2.24) is 0 Å². The minimum absolute atomic E-state index is 0.814. The van der Waals surface area contributed by atoms with Gasteiger partial charge in [-0.05, 0) is 0 Å². The molecule has 2 unspecified atom stereocenters. The molecule has 1 aliphatic heterocycles. The first-order chi connectivity index (χ1) is 12.1. The van der Waals surface area contributed by atoms with Crippen LogP contribution in [0.5, 0.6) is 0 Å². The predicted octanol–water partition coefficient (Wildman–Crippen LogP) is -0.757. The van der Waals surface area contributed by atoms with E-state index in [1.54, 1.807) is 0 Å². The first-order valence-corrected chi connectivity index (χ1v) is 7.49. The lowest BCUT2D eigenvalue weighted by Gasteiger charge is -2.42. The largest absolute Gasteiger partial charge is 0.467 e. The van der Waals surface area contributed by atoms with E-state index in [0.717, 1.165) is 34.8 Å². The minimum Gasteiger partial charge on any atom is -0.467 e. The summed E-state index contributed by atoms with van der Waals surface area (Å²) in [4.78, 5) is 57.7. The molecule has 1 rings (SSSR count). The number of esters is 5. The van der Waals surface area contributed by atoms with Crippen molar-refractivity contribution >= 4 is 29.8 Å². The molecule has 146 valence electrons. The molecule has 1 aliphatic rings. The molecule has 0 aromatic heterocycles. The van der Waals surface area contributed by atoms with E-state index in [4.69, 9.17) is 23.7 Å². The number of hydrogen-bond acceptors (Lipinski definition) is 11. The van der Waals surface area contributed by atoms with Gasteiger partial charge in [0.2, 0.25) is 12.4 Å². The maximum absolute atomic E-state index is 12.0. The number of hydrogen-bond donors (Lipinski definition) is 0. The highest BCUT2D eigenvalue weighted by atomic mass is 16.7. The summed E-state index contributed by atoms with van der Waals surface area (Å²) in [5, 5.41) is 0. The molecule has 1 heterocycles. The van der Waals surface area contributed by atoms with Gasteiger partial charge in [-0.1, -0.05) is 0 Å². The highest BCUT2D eigenvalue weighted by molar-refractivity contribution is 5.77. The van der Waals surface area contributed by atoms with Crippen LogP contribution >= 0.6 is 0 Å². The van der Waals surface area contributed by atoms with Gasteiger partial charge in [0.05, 0.1) is 7.11 Å². The zero-order chi connectivity index (χ0) is 20.0. The monoisotopic (exact) mass is 376 g/mol. The second-order valence-corrected chi connectivity index (χ2v) is 5.28. The highest BCUT2D eigenvalue weighted by Crippen LogP contribution is 2.30. The van der Waals surface area contributed by atoms with Gasteiger partial charge in [0.25, 0.3) is 0 Å². The zero-order valence-corrected chi connectivity index (χ0v) is 14.9. The van der Waals surface area contributed by atoms with Gasteiger partial charge in [-0.3, -0.25) is 19.2 Å². The lowest BCUT2D eigenvalue weighted by molar-refractivity contribution is -0.294. The first kappa shape index (κ1) is 21.4. The smallest absolute Gasteiger partial charge is 0.339 e. The second kappa shape index (κ2) is 9.13. The van der Waals surface area contributed by atoms with Crippen molar-refractivity contribution in [1.29, 1.82) is 0 Å². The third-order valence-electron chi connectivity index (χ3n) is 3.12. The maximum Gasteiger partial charge on any atom is 0.339 e. The number of rotatable bonds is 5. The molecule has 0 aromatic carbocycles. The molecule has 0 spiro atoms. The maximum atomic E-state index is 12.0. The lowest BCUT2D eigenvalue weighted by Crippen LogP contribution is -2.64. The molecule has 0 amide bonds. The fourth-order valence-corrected chi connectivity index (χ4v) is 2.34. The highest BCUT2D eigenvalue weighted by Gasteiger charge is 2.56. The predicted molar refractivity (Wildman–Crippen MR) is 79.1 cm³/mol. The van der Waals surface area contributed by atoms with Gasteiger partial charge >= 0.3 is 29.8 Å². The van der Waals surface area contributed by atoms with E-state index >= 15 is 0 Å². The fourth-order valence-electron chi connectivity index (χ4n) is 2.34. The van der Waals surface area contributed by atoms with Gasteiger partial charge < -0.3 is 28.4 Å². The third kappa shape index (κ3) is 5.69. The summed E-state index contributed by atoms with van der Waals surface area (Å²) >= 11 is 0. The molecule has 0 radical (unpaired) electrons. The Morgan fingerprint density at radius 2 is 1.08 bits per heavy atom. The molecule has 5 atom stereocenters. The Balaban J connectivity index is 3.37. The molecular weight excluding hydrogens is 356 g/mol. The quantitative estimate of drug-likeness (QED) is 0.441. The van der Waals surface area contributed by atoms with E-state index < -0.39 is 60.6 Å². The van der Waals surface area contributed by atoms with E-state index in [9.17, 15) is 24.0 Å². The van der Waals surface area contributed by atoms with Gasteiger partial charge in [0.15, 0.2) is 18.3 Å². The Bertz CT molecular complexity index is 584. The number of carbonyl (C=O) groups is 5. The van der Waals surface area contributed by atoms with E-state index in [-0.39, 0.29) is 0 Å². The van der Waals surface area contributed by atoms with Gasteiger partial charge in [0, 0.05) is 27.7 Å². The van der Waals surface area contributed by atoms with Crippen molar-refractivity contribution in [2.45, 2.75) is 58.4 Å². The van der Waals surface area contributed by atoms with Gasteiger partial charge in [-0.25, -0.2) is 4.79 Å². The Hall–Kier alpha value is -2.69. The van der Waals surface area contributed by atoms with Crippen molar-refractivity contribution in [2.75, 3.05) is 7.11 Å². The molecule has 26 heavy (non-hydrogen) atoms. The van der Waals surface area contributed by atoms with Crippen LogP contribution in [0.2, 0.25) is 0 Å². The van der Waals surface area contributed by atoms with Gasteiger partial charge in [-0.2, -0.15) is 0 Å². The van der Waals surface area contributed by atoms with E-state index in [1.807, 2.05) is 0 Å². The number of carbonyl (C=O) groups excluding carboxylic acids is 5. The normalized spacial score (nSPS) is 27.7. The van der Waals surface area contributed by atoms with Crippen molar-refractivity contribution < 1.29 is 52.4 Å². The average Bonchev–Trinajstić information content (AvgIpc) is 2.50. The average molecular weight is 376 g/mol. The van der Waals surface area contributed by atoms with E-state index in [0.29, 0.717) is 0 Å². The van der Waals surface area contributed by atoms with Crippen LogP contribution in [0.1, 0.15) is 27.7 Å². The first-order valence-electron chi connectivity index (χ1n) is 7.49. The molecule has 11 nitrogen and oxygen atoms in total. The Morgan fingerprint density at radius 3 is 1.50 bits per heavy atom. The van der Waals surface area contributed by atoms with Crippen LogP contribution in [-0.4, -0.2) is 67.7 Å². The minimum atomic E-state index is -1.60. The van der Waals surface area contributed by atoms with Crippen LogP contribution in [0.4, 0.5) is 0 Å². The zero-order valence-electron chi connectivity index (χ0n) is 14.9. The van der Waals surface area contributed by atoms with Crippen molar-refractivity contribution in [3.05, 3.63) is 0 Å². The Labute approximate surface area is 148 Å². The van der Waals surface area contributed by atoms with Crippen molar-refractivity contribution in [3.63, 3.8) is 0 Å². The molecule has 1 saturated heterocycles. The Kier molecular flexibility index (Phi) is 7.50. The summed E-state index contributed by atoms with van der Waals surface area (Å²) in [5.41, 5.74) is 0. The lowest BCUT2D eigenvalue weighted by atomic mass is 9.97. The van der Waals surface area contributed by atoms with E-state index in [1.165, 1.54) is 0 Å². The topological polar surface area (TPSA) is 141 Å². The molecule has 0 saturated carbocycles. The SMILES string of the molecule is COC(=O)C1O[C@@H](OC(C)=O)C(OC(C)=O)[C@H](OC(C)=O)[C@H]1OC(C)=O. The summed E-state index contributed by atoms with van der Waals surface area (Å²) in [6.45, 7) is 4.22. The van der Waals surface area contributed by atoms with Crippen LogP contribution in [0, 0.1) is 0 Å². The number of methoxy groups -OCH3 is 1. The fraction of sp³-hybridized carbons (Fsp3) is 0.667. The number of ether oxygens (including phenoxy) is 6. The molecule has 1 fully saturated rings. The van der Waals surface area contributed by atoms with Crippen molar-refractivity contribution in [3.8, 4) is 0 Å². The molecular formula is C15H20O11. The van der Waals surface area contributed by atoms with Crippen LogP contribution in [0.25, 0.3) is 0 Å².